The molecule has 1 amide bonds. The number of rotatable bonds is 4. The fraction of sp³-hybridized carbons (Fsp3) is 0.111. The van der Waals surface area contributed by atoms with Gasteiger partial charge in [0.25, 0.3) is 5.91 Å². The largest absolute Gasteiger partial charge is 0.283 e. The summed E-state index contributed by atoms with van der Waals surface area (Å²) >= 11 is 7.69. The van der Waals surface area contributed by atoms with Gasteiger partial charge in [0, 0.05) is 10.1 Å². The SMILES string of the molecule is CC/C(=N\NC(=O)c1sc2ccccc2c1Cl)c1ccccc1. The molecule has 3 rings (SSSR count). The number of hydrogen-bond acceptors (Lipinski definition) is 3. The average molecular weight is 343 g/mol. The third-order valence-corrected chi connectivity index (χ3v) is 5.15. The van der Waals surface area contributed by atoms with Crippen LogP contribution in [0, 0.1) is 0 Å². The number of hydrazone groups is 1. The molecule has 1 N–H and O–H groups in total. The summed E-state index contributed by atoms with van der Waals surface area (Å²) in [7, 11) is 0. The Hall–Kier alpha value is -2.17. The molecule has 3 aromatic rings. The van der Waals surface area contributed by atoms with E-state index in [-0.39, 0.29) is 5.91 Å². The van der Waals surface area contributed by atoms with Crippen LogP contribution in [0.15, 0.2) is 59.7 Å². The third kappa shape index (κ3) is 3.28. The number of amides is 1. The molecule has 1 aromatic heterocycles. The van der Waals surface area contributed by atoms with Crippen LogP contribution in [0.1, 0.15) is 28.6 Å². The second kappa shape index (κ2) is 6.94. The van der Waals surface area contributed by atoms with Crippen molar-refractivity contribution in [2.24, 2.45) is 5.10 Å². The molecule has 2 aromatic carbocycles. The number of carbonyl (C=O) groups is 1. The van der Waals surface area contributed by atoms with Crippen molar-refractivity contribution in [1.82, 2.24) is 5.43 Å². The monoisotopic (exact) mass is 342 g/mol. The van der Waals surface area contributed by atoms with Gasteiger partial charge in [0.05, 0.1) is 10.7 Å². The van der Waals surface area contributed by atoms with E-state index in [1.54, 1.807) is 0 Å². The highest BCUT2D eigenvalue weighted by Crippen LogP contribution is 2.34. The number of fused-ring (bicyclic) bond motifs is 1. The number of halogens is 1. The maximum absolute atomic E-state index is 12.4. The molecular formula is C18H15ClN2OS. The first-order chi connectivity index (χ1) is 11.2. The van der Waals surface area contributed by atoms with E-state index in [2.05, 4.69) is 10.5 Å². The predicted molar refractivity (Wildman–Crippen MR) is 97.6 cm³/mol. The fourth-order valence-electron chi connectivity index (χ4n) is 2.31. The molecule has 1 heterocycles. The Labute approximate surface area is 143 Å². The number of hydrogen-bond donors (Lipinski definition) is 1. The van der Waals surface area contributed by atoms with Crippen LogP contribution in [-0.2, 0) is 0 Å². The topological polar surface area (TPSA) is 41.5 Å². The highest BCUT2D eigenvalue weighted by molar-refractivity contribution is 7.21. The Morgan fingerprint density at radius 1 is 1.13 bits per heavy atom. The van der Waals surface area contributed by atoms with Gasteiger partial charge in [0.15, 0.2) is 0 Å². The number of thiophene rings is 1. The first-order valence-electron chi connectivity index (χ1n) is 7.30. The summed E-state index contributed by atoms with van der Waals surface area (Å²) in [6, 6.07) is 17.5. The van der Waals surface area contributed by atoms with Gasteiger partial charge in [-0.15, -0.1) is 11.3 Å². The highest BCUT2D eigenvalue weighted by atomic mass is 35.5. The molecule has 0 aliphatic rings. The molecule has 3 nitrogen and oxygen atoms in total. The molecular weight excluding hydrogens is 328 g/mol. The third-order valence-electron chi connectivity index (χ3n) is 3.48. The first-order valence-corrected chi connectivity index (χ1v) is 8.49. The number of carbonyl (C=O) groups excluding carboxylic acids is 1. The van der Waals surface area contributed by atoms with E-state index < -0.39 is 0 Å². The molecule has 0 unspecified atom stereocenters. The Bertz CT molecular complexity index is 871. The Morgan fingerprint density at radius 3 is 2.52 bits per heavy atom. The predicted octanol–water partition coefficient (Wildman–Crippen LogP) is 5.10. The van der Waals surface area contributed by atoms with Gasteiger partial charge in [0.2, 0.25) is 0 Å². The van der Waals surface area contributed by atoms with E-state index in [9.17, 15) is 4.79 Å². The van der Waals surface area contributed by atoms with E-state index in [0.29, 0.717) is 9.90 Å². The molecule has 116 valence electrons. The molecule has 5 heteroatoms. The van der Waals surface area contributed by atoms with Crippen molar-refractivity contribution < 1.29 is 4.79 Å². The van der Waals surface area contributed by atoms with Crippen molar-refractivity contribution in [2.45, 2.75) is 13.3 Å². The Kier molecular flexibility index (Phi) is 4.74. The molecule has 0 bridgehead atoms. The Balaban J connectivity index is 1.85. The average Bonchev–Trinajstić information content (AvgIpc) is 2.94. The lowest BCUT2D eigenvalue weighted by atomic mass is 10.1. The smallest absolute Gasteiger partial charge is 0.266 e. The van der Waals surface area contributed by atoms with Crippen molar-refractivity contribution in [1.29, 1.82) is 0 Å². The summed E-state index contributed by atoms with van der Waals surface area (Å²) in [6.07, 6.45) is 0.727. The molecule has 0 saturated heterocycles. The fourth-order valence-corrected chi connectivity index (χ4v) is 3.71. The van der Waals surface area contributed by atoms with Crippen LogP contribution in [0.2, 0.25) is 5.02 Å². The van der Waals surface area contributed by atoms with Crippen LogP contribution in [0.5, 0.6) is 0 Å². The summed E-state index contributed by atoms with van der Waals surface area (Å²) in [5, 5.41) is 5.64. The lowest BCUT2D eigenvalue weighted by molar-refractivity contribution is 0.0959. The molecule has 0 fully saturated rings. The van der Waals surface area contributed by atoms with Crippen LogP contribution in [-0.4, -0.2) is 11.6 Å². The van der Waals surface area contributed by atoms with Crippen molar-refractivity contribution in [3.05, 3.63) is 70.1 Å². The second-order valence-corrected chi connectivity index (χ2v) is 6.39. The number of benzene rings is 2. The Morgan fingerprint density at radius 2 is 1.83 bits per heavy atom. The van der Waals surface area contributed by atoms with Gasteiger partial charge in [-0.1, -0.05) is 67.1 Å². The van der Waals surface area contributed by atoms with Gasteiger partial charge < -0.3 is 0 Å². The van der Waals surface area contributed by atoms with E-state index >= 15 is 0 Å². The maximum atomic E-state index is 12.4. The van der Waals surface area contributed by atoms with Crippen LogP contribution >= 0.6 is 22.9 Å². The molecule has 23 heavy (non-hydrogen) atoms. The van der Waals surface area contributed by atoms with Gasteiger partial charge >= 0.3 is 0 Å². The number of nitrogens with one attached hydrogen (secondary N) is 1. The van der Waals surface area contributed by atoms with Crippen LogP contribution in [0.4, 0.5) is 0 Å². The van der Waals surface area contributed by atoms with E-state index in [0.717, 1.165) is 27.8 Å². The first kappa shape index (κ1) is 15.7. The van der Waals surface area contributed by atoms with Crippen LogP contribution < -0.4 is 5.43 Å². The summed E-state index contributed by atoms with van der Waals surface area (Å²) in [4.78, 5) is 12.9. The minimum atomic E-state index is -0.280. The van der Waals surface area contributed by atoms with E-state index in [1.807, 2.05) is 61.5 Å². The molecule has 0 radical (unpaired) electrons. The van der Waals surface area contributed by atoms with Gasteiger partial charge in [0.1, 0.15) is 4.88 Å². The molecule has 0 aliphatic heterocycles. The summed E-state index contributed by atoms with van der Waals surface area (Å²) in [5.41, 5.74) is 4.45. The zero-order chi connectivity index (χ0) is 16.2. The van der Waals surface area contributed by atoms with E-state index in [4.69, 9.17) is 11.6 Å². The zero-order valence-corrected chi connectivity index (χ0v) is 14.1. The minimum absolute atomic E-state index is 0.280. The molecule has 0 saturated carbocycles. The standard InChI is InChI=1S/C18H15ClN2OS/c1-2-14(12-8-4-3-5-9-12)20-21-18(22)17-16(19)13-10-6-7-11-15(13)23-17/h3-11H,2H2,1H3,(H,21,22)/b20-14+. The minimum Gasteiger partial charge on any atom is -0.266 e. The molecule has 0 aliphatic carbocycles. The normalized spacial score (nSPS) is 11.7. The maximum Gasteiger partial charge on any atom is 0.283 e. The van der Waals surface area contributed by atoms with Gasteiger partial charge in [-0.25, -0.2) is 5.43 Å². The van der Waals surface area contributed by atoms with Gasteiger partial charge in [-0.3, -0.25) is 4.79 Å². The van der Waals surface area contributed by atoms with Gasteiger partial charge in [-0.05, 0) is 18.1 Å². The highest BCUT2D eigenvalue weighted by Gasteiger charge is 2.16. The van der Waals surface area contributed by atoms with E-state index in [1.165, 1.54) is 11.3 Å². The summed E-state index contributed by atoms with van der Waals surface area (Å²) in [6.45, 7) is 2.00. The van der Waals surface area contributed by atoms with Crippen molar-refractivity contribution >= 4 is 44.6 Å². The second-order valence-electron chi connectivity index (χ2n) is 4.96. The van der Waals surface area contributed by atoms with Crippen molar-refractivity contribution in [3.63, 3.8) is 0 Å². The lowest BCUT2D eigenvalue weighted by Gasteiger charge is -2.04. The quantitative estimate of drug-likeness (QED) is 0.520. The summed E-state index contributed by atoms with van der Waals surface area (Å²) in [5.74, 6) is -0.280. The molecule has 0 atom stereocenters. The zero-order valence-electron chi connectivity index (χ0n) is 12.5. The van der Waals surface area contributed by atoms with Crippen LogP contribution in [0.3, 0.4) is 0 Å². The molecule has 0 spiro atoms. The van der Waals surface area contributed by atoms with Crippen molar-refractivity contribution in [3.8, 4) is 0 Å². The lowest BCUT2D eigenvalue weighted by Crippen LogP contribution is -2.19. The summed E-state index contributed by atoms with van der Waals surface area (Å²) < 4.78 is 0.991. The van der Waals surface area contributed by atoms with Crippen molar-refractivity contribution in [2.75, 3.05) is 0 Å². The number of nitrogens with zero attached hydrogens (tertiary/aromatic N) is 1. The van der Waals surface area contributed by atoms with Gasteiger partial charge in [-0.2, -0.15) is 5.10 Å². The van der Waals surface area contributed by atoms with Crippen LogP contribution in [0.25, 0.3) is 10.1 Å².